The summed E-state index contributed by atoms with van der Waals surface area (Å²) >= 11 is 0. The molecular formula is C144H96. The van der Waals surface area contributed by atoms with E-state index in [1.165, 1.54) is 233 Å². The molecule has 144 heavy (non-hydrogen) atoms. The van der Waals surface area contributed by atoms with Crippen molar-refractivity contribution in [2.45, 2.75) is 32.5 Å². The van der Waals surface area contributed by atoms with Crippen molar-refractivity contribution in [2.24, 2.45) is 0 Å². The summed E-state index contributed by atoms with van der Waals surface area (Å²) in [4.78, 5) is 0. The summed E-state index contributed by atoms with van der Waals surface area (Å²) < 4.78 is 0. The molecule has 0 radical (unpaired) electrons. The fraction of sp³-hybridized carbons (Fsp3) is 0.0417. The monoisotopic (exact) mass is 1820 g/mol. The third-order valence-electron chi connectivity index (χ3n) is 33.0. The minimum Gasteiger partial charge on any atom is -0.0622 e. The van der Waals surface area contributed by atoms with Crippen molar-refractivity contribution in [3.8, 4) is 66.8 Å². The fourth-order valence-electron chi connectivity index (χ4n) is 27.6. The van der Waals surface area contributed by atoms with Crippen LogP contribution in [-0.2, 0) is 32.5 Å². The first-order chi connectivity index (χ1) is 71.5. The third-order valence-corrected chi connectivity index (χ3v) is 33.0. The summed E-state index contributed by atoms with van der Waals surface area (Å²) in [5.74, 6) is 0. The highest BCUT2D eigenvalue weighted by atomic mass is 14.6. The van der Waals surface area contributed by atoms with Crippen LogP contribution in [-0.4, -0.2) is 0 Å². The van der Waals surface area contributed by atoms with E-state index in [0.717, 1.165) is 0 Å². The third kappa shape index (κ3) is 11.8. The predicted octanol–water partition coefficient (Wildman–Crippen LogP) is 34.7. The maximum atomic E-state index is 2.60. The van der Waals surface area contributed by atoms with Gasteiger partial charge in [0.15, 0.2) is 0 Å². The fourth-order valence-corrected chi connectivity index (χ4v) is 27.6. The zero-order valence-corrected chi connectivity index (χ0v) is 79.4. The second-order valence-electron chi connectivity index (χ2n) is 39.5. The highest BCUT2D eigenvalue weighted by molar-refractivity contribution is 6.11. The topological polar surface area (TPSA) is 0 Å². The zero-order chi connectivity index (χ0) is 95.1. The Kier molecular flexibility index (Phi) is 19.5. The summed E-state index contributed by atoms with van der Waals surface area (Å²) in [6.45, 7) is 0. The summed E-state index contributed by atoms with van der Waals surface area (Å²) in [7, 11) is 0. The van der Waals surface area contributed by atoms with Crippen LogP contribution in [0.5, 0.6) is 0 Å². The van der Waals surface area contributed by atoms with Gasteiger partial charge in [0.05, 0.1) is 32.5 Å². The van der Waals surface area contributed by atoms with Gasteiger partial charge in [-0.25, -0.2) is 0 Å². The molecular weight excluding hydrogens is 1730 g/mol. The Morgan fingerprint density at radius 1 is 0.0903 bits per heavy atom. The van der Waals surface area contributed by atoms with Crippen molar-refractivity contribution in [2.75, 3.05) is 0 Å². The van der Waals surface area contributed by atoms with Gasteiger partial charge in [0.2, 0.25) is 0 Å². The highest BCUT2D eigenvalue weighted by Gasteiger charge is 2.57. The second-order valence-corrected chi connectivity index (χ2v) is 39.5. The van der Waals surface area contributed by atoms with Crippen LogP contribution in [0.15, 0.2) is 582 Å². The van der Waals surface area contributed by atoms with Gasteiger partial charge in [-0.2, -0.15) is 0 Å². The number of benzene rings is 24. The van der Waals surface area contributed by atoms with E-state index in [4.69, 9.17) is 0 Å². The minimum atomic E-state index is -0.512. The molecule has 0 unspecified atom stereocenters. The van der Waals surface area contributed by atoms with Crippen LogP contribution in [0.1, 0.15) is 134 Å². The van der Waals surface area contributed by atoms with Crippen molar-refractivity contribution in [3.05, 3.63) is 716 Å². The number of hydrogen-bond donors (Lipinski definition) is 0. The van der Waals surface area contributed by atoms with E-state index in [2.05, 4.69) is 582 Å². The Balaban J connectivity index is 0.000000105. The van der Waals surface area contributed by atoms with E-state index >= 15 is 0 Å². The Labute approximate surface area is 841 Å². The standard InChI is InChI=1S/C52H34.C48H32.C44H30/c1-5-19-37(20-6-1)51(38-21-7-2-8-22-38)45-31-29-35-17-13-15-27-41(35)49(45)43-34-48-44(33-47(43)51)50-42-28-16-14-18-36(42)30-32-46(50)52(48,39-23-9-3-10-24-39)40-25-11-4-12-26-40;1-5-18-34(19-6-1)47(35-20-7-2-8-21-35)42-28-16-15-27-39(42)40-31-45-41(32-44(40)47)46-38-26-14-13-17-33(38)29-30-43(46)48(45,36-22-9-3-10-23-36)37-24-11-4-12-25-37;1-5-17-31(18-6-1)43(32-19-7-2-8-20-32)39-27-15-13-25-35(39)37-30-42-38(29-41(37)43)36-26-14-16-28-40(36)44(42,33-21-9-3-10-22-33)34-23-11-4-12-24-34/h1-34H;1-32H;1-30H. The lowest BCUT2D eigenvalue weighted by Crippen LogP contribution is -2.29. The van der Waals surface area contributed by atoms with Crippen LogP contribution in [0.3, 0.4) is 0 Å². The van der Waals surface area contributed by atoms with Gasteiger partial charge in [-0.15, -0.1) is 0 Å². The van der Waals surface area contributed by atoms with E-state index in [1.807, 2.05) is 0 Å². The second kappa shape index (κ2) is 33.4. The van der Waals surface area contributed by atoms with Gasteiger partial charge >= 0.3 is 0 Å². The largest absolute Gasteiger partial charge is 0.0714 e. The molecule has 0 spiro atoms. The van der Waals surface area contributed by atoms with Crippen molar-refractivity contribution in [1.29, 1.82) is 0 Å². The predicted molar refractivity (Wildman–Crippen MR) is 596 cm³/mol. The van der Waals surface area contributed by atoms with E-state index in [9.17, 15) is 0 Å². The van der Waals surface area contributed by atoms with Gasteiger partial charge in [0, 0.05) is 0 Å². The average molecular weight is 1830 g/mol. The molecule has 0 N–H and O–H groups in total. The molecule has 0 nitrogen and oxygen atoms in total. The van der Waals surface area contributed by atoms with Crippen molar-refractivity contribution in [3.63, 3.8) is 0 Å². The van der Waals surface area contributed by atoms with Gasteiger partial charge in [-0.1, -0.05) is 546 Å². The van der Waals surface area contributed by atoms with Gasteiger partial charge in [0.25, 0.3) is 0 Å². The molecule has 24 aromatic rings. The first-order valence-corrected chi connectivity index (χ1v) is 50.6. The molecule has 24 aromatic carbocycles. The van der Waals surface area contributed by atoms with Crippen LogP contribution < -0.4 is 0 Å². The van der Waals surface area contributed by atoms with Gasteiger partial charge in [0.1, 0.15) is 0 Å². The molecule has 0 heteroatoms. The molecule has 0 saturated carbocycles. The number of rotatable bonds is 12. The van der Waals surface area contributed by atoms with E-state index in [0.29, 0.717) is 0 Å². The Morgan fingerprint density at radius 3 is 0.431 bits per heavy atom. The summed E-state index contributed by atoms with van der Waals surface area (Å²) in [5.41, 5.74) is 44.5. The Hall–Kier alpha value is -17.9. The molecule has 0 bridgehead atoms. The lowest BCUT2D eigenvalue weighted by molar-refractivity contribution is 0.759. The van der Waals surface area contributed by atoms with Gasteiger partial charge in [-0.3, -0.25) is 0 Å². The van der Waals surface area contributed by atoms with Crippen LogP contribution in [0, 0.1) is 0 Å². The highest BCUT2D eigenvalue weighted by Crippen LogP contribution is 2.69. The molecule has 0 atom stereocenters. The van der Waals surface area contributed by atoms with Crippen molar-refractivity contribution in [1.82, 2.24) is 0 Å². The van der Waals surface area contributed by atoms with Crippen LogP contribution in [0.2, 0.25) is 0 Å². The first kappa shape index (κ1) is 84.2. The SMILES string of the molecule is c1ccc(C2(c3ccccc3)c3cc4c(cc3-c3c2ccc2ccccc32)C(c2ccccc2)(c2ccccc2)c2ccc3ccccc3c2-4)cc1.c1ccc(C2(c3ccccc3)c3ccccc3-c3cc4c(cc32)-c2c(ccc3ccccc23)C4(c2ccccc2)c2ccccc2)cc1.c1ccc(C2(c3ccccc3)c3ccccc3-c3cc4c(cc32)-c2ccccc2C4(c2ccccc2)c2ccccc2)cc1. The quantitative estimate of drug-likeness (QED) is 0.114. The van der Waals surface area contributed by atoms with E-state index < -0.39 is 32.5 Å². The molecule has 6 aliphatic carbocycles. The smallest absolute Gasteiger partial charge is 0.0622 e. The van der Waals surface area contributed by atoms with Crippen LogP contribution in [0.25, 0.3) is 99.1 Å². The molecule has 30 rings (SSSR count). The van der Waals surface area contributed by atoms with Crippen LogP contribution in [0.4, 0.5) is 0 Å². The summed E-state index contributed by atoms with van der Waals surface area (Å²) in [5, 5.41) is 7.67. The number of hydrogen-bond acceptors (Lipinski definition) is 0. The molecule has 0 aliphatic heterocycles. The van der Waals surface area contributed by atoms with Crippen LogP contribution >= 0.6 is 0 Å². The molecule has 0 heterocycles. The molecule has 672 valence electrons. The van der Waals surface area contributed by atoms with Gasteiger partial charge < -0.3 is 0 Å². The zero-order valence-electron chi connectivity index (χ0n) is 79.4. The normalized spacial score (nSPS) is 14.6. The molecule has 0 saturated heterocycles. The lowest BCUT2D eigenvalue weighted by Gasteiger charge is -2.35. The molecule has 0 amide bonds. The molecule has 0 aromatic heterocycles. The number of fused-ring (bicyclic) bond motifs is 24. The average Bonchev–Trinajstić information content (AvgIpc) is 1.50. The maximum absolute atomic E-state index is 2.60. The maximum Gasteiger partial charge on any atom is 0.0714 e. The lowest BCUT2D eigenvalue weighted by atomic mass is 9.66. The summed E-state index contributed by atoms with van der Waals surface area (Å²) in [6, 6.07) is 217. The first-order valence-electron chi connectivity index (χ1n) is 50.6. The van der Waals surface area contributed by atoms with E-state index in [-0.39, 0.29) is 0 Å². The Bertz CT molecular complexity index is 8530. The van der Waals surface area contributed by atoms with Gasteiger partial charge in [-0.05, 0) is 269 Å². The summed E-state index contributed by atoms with van der Waals surface area (Å²) in [6.07, 6.45) is 0. The van der Waals surface area contributed by atoms with E-state index in [1.54, 1.807) is 0 Å². The Morgan fingerprint density at radius 2 is 0.236 bits per heavy atom. The molecule has 0 fully saturated rings. The van der Waals surface area contributed by atoms with Crippen molar-refractivity contribution < 1.29 is 0 Å². The van der Waals surface area contributed by atoms with Crippen molar-refractivity contribution >= 4 is 32.3 Å². The minimum absolute atomic E-state index is 0.427. The molecule has 6 aliphatic rings.